The molecule has 17 nitrogen and oxygen atoms in total. The summed E-state index contributed by atoms with van der Waals surface area (Å²) < 4.78 is 67.7. The van der Waals surface area contributed by atoms with Crippen molar-refractivity contribution in [3.05, 3.63) is 95.4 Å². The van der Waals surface area contributed by atoms with Gasteiger partial charge in [0.25, 0.3) is 38.0 Å². The Bertz CT molecular complexity index is 2450. The zero-order valence-electron chi connectivity index (χ0n) is 35.0. The Morgan fingerprint density at radius 3 is 2.23 bits per heavy atom. The van der Waals surface area contributed by atoms with Gasteiger partial charge in [0, 0.05) is 56.1 Å². The van der Waals surface area contributed by atoms with Crippen LogP contribution in [0.25, 0.3) is 0 Å². The first kappa shape index (κ1) is 46.7. The summed E-state index contributed by atoms with van der Waals surface area (Å²) in [6.45, 7) is 8.57. The van der Waals surface area contributed by atoms with Crippen LogP contribution in [0, 0.1) is 0 Å². The monoisotopic (exact) mass is 882 g/mol. The van der Waals surface area contributed by atoms with Gasteiger partial charge in [-0.15, -0.1) is 5.06 Å². The minimum absolute atomic E-state index is 0.0182. The SMILES string of the molecule is CON(C)C(=O)c1cc2c([n+](CCCS(=O)(=O)O)c1)N=C(/C=C/C=C/C=C/C=C1/N(CCCCCC(=O)ON3C(=O)CCC3=O)c3ccc(S(=O)(=O)O)cc3C1(C)C)C2(C)C. The van der Waals surface area contributed by atoms with Crippen LogP contribution in [-0.2, 0) is 61.7 Å². The highest BCUT2D eigenvalue weighted by atomic mass is 32.2. The van der Waals surface area contributed by atoms with Crippen LogP contribution in [0.4, 0.5) is 11.5 Å². The lowest BCUT2D eigenvalue weighted by Gasteiger charge is -2.27. The van der Waals surface area contributed by atoms with E-state index in [1.807, 2.05) is 70.2 Å². The summed E-state index contributed by atoms with van der Waals surface area (Å²) in [6, 6.07) is 6.25. The second-order valence-corrected chi connectivity index (χ2v) is 18.9. The van der Waals surface area contributed by atoms with Gasteiger partial charge in [-0.2, -0.15) is 16.8 Å². The fraction of sp³-hybridized carbons (Fsp3) is 0.429. The molecule has 0 radical (unpaired) electrons. The number of nitrogens with zero attached hydrogens (tertiary/aromatic N) is 5. The van der Waals surface area contributed by atoms with E-state index in [-0.39, 0.29) is 37.1 Å². The van der Waals surface area contributed by atoms with Gasteiger partial charge >= 0.3 is 11.8 Å². The van der Waals surface area contributed by atoms with Crippen molar-refractivity contribution >= 4 is 61.1 Å². The first-order chi connectivity index (χ1) is 28.6. The molecule has 61 heavy (non-hydrogen) atoms. The van der Waals surface area contributed by atoms with Gasteiger partial charge in [-0.1, -0.05) is 50.6 Å². The molecule has 1 saturated heterocycles. The molecule has 0 atom stereocenters. The third kappa shape index (κ3) is 10.9. The number of aryl methyl sites for hydroxylation is 1. The highest BCUT2D eigenvalue weighted by Crippen LogP contribution is 2.48. The Morgan fingerprint density at radius 1 is 0.902 bits per heavy atom. The first-order valence-electron chi connectivity index (χ1n) is 19.7. The van der Waals surface area contributed by atoms with Crippen LogP contribution in [0.15, 0.2) is 88.6 Å². The summed E-state index contributed by atoms with van der Waals surface area (Å²) >= 11 is 0. The van der Waals surface area contributed by atoms with Crippen LogP contribution >= 0.6 is 0 Å². The van der Waals surface area contributed by atoms with Gasteiger partial charge in [-0.05, 0) is 73.7 Å². The summed E-state index contributed by atoms with van der Waals surface area (Å²) in [4.78, 5) is 65.7. The normalized spacial score (nSPS) is 17.9. The smallest absolute Gasteiger partial charge is 0.333 e. The average molecular weight is 883 g/mol. The number of allylic oxidation sites excluding steroid dienone is 8. The van der Waals surface area contributed by atoms with Crippen LogP contribution < -0.4 is 9.47 Å². The Labute approximate surface area is 356 Å². The molecular weight excluding hydrogens is 831 g/mol. The van der Waals surface area contributed by atoms with Crippen molar-refractivity contribution in [2.24, 2.45) is 4.99 Å². The van der Waals surface area contributed by atoms with E-state index in [9.17, 15) is 45.1 Å². The van der Waals surface area contributed by atoms with Gasteiger partial charge in [0.1, 0.15) is 6.20 Å². The molecule has 0 unspecified atom stereocenters. The largest absolute Gasteiger partial charge is 0.344 e. The van der Waals surface area contributed by atoms with E-state index >= 15 is 0 Å². The fourth-order valence-electron chi connectivity index (χ4n) is 7.40. The van der Waals surface area contributed by atoms with Crippen LogP contribution in [0.2, 0.25) is 0 Å². The van der Waals surface area contributed by atoms with Crippen LogP contribution in [0.1, 0.15) is 94.1 Å². The molecule has 1 aromatic heterocycles. The molecule has 328 valence electrons. The maximum Gasteiger partial charge on any atom is 0.333 e. The number of unbranched alkanes of at least 4 members (excludes halogenated alkanes) is 2. The number of hydrogen-bond donors (Lipinski definition) is 2. The summed E-state index contributed by atoms with van der Waals surface area (Å²) in [5.41, 5.74) is 2.86. The van der Waals surface area contributed by atoms with E-state index in [0.717, 1.165) is 22.0 Å². The number of anilines is 1. The van der Waals surface area contributed by atoms with Crippen LogP contribution in [-0.4, -0.2) is 91.9 Å². The van der Waals surface area contributed by atoms with Crippen molar-refractivity contribution in [2.45, 2.75) is 94.9 Å². The molecule has 3 aliphatic rings. The fourth-order valence-corrected chi connectivity index (χ4v) is 8.40. The number of carbonyl (C=O) groups excluding carboxylic acids is 4. The van der Waals surface area contributed by atoms with Gasteiger partial charge in [-0.25, -0.2) is 14.4 Å². The van der Waals surface area contributed by atoms with Crippen LogP contribution in [0.5, 0.6) is 0 Å². The summed E-state index contributed by atoms with van der Waals surface area (Å²) in [6.07, 6.45) is 16.4. The predicted octanol–water partition coefficient (Wildman–Crippen LogP) is 5.01. The summed E-state index contributed by atoms with van der Waals surface area (Å²) in [5, 5.41) is 1.62. The molecule has 0 spiro atoms. The standard InChI is InChI=1S/C42H51N5O12S2/c1-41(2)32-26-29(40(51)44(5)58-6)28-45(23-15-25-60(52,53)54)39(32)43-34(41)16-11-8-7-9-12-17-35-42(3,4)31-27-30(61(55,56)57)19-20-33(31)46(35)24-14-10-13-18-38(50)59-47-36(48)21-22-37(47)49/h7-9,11-12,16-17,19-20,26-28H,10,13-15,18,21-25H2,1-6H3,(H-,52,53,54,55,56,57)/p+1. The molecule has 3 amide bonds. The maximum absolute atomic E-state index is 13.1. The number of benzene rings is 1. The summed E-state index contributed by atoms with van der Waals surface area (Å²) in [5.74, 6) is -2.02. The second kappa shape index (κ2) is 18.7. The molecule has 2 aromatic rings. The van der Waals surface area contributed by atoms with E-state index in [4.69, 9.17) is 14.7 Å². The van der Waals surface area contributed by atoms with Crippen molar-refractivity contribution < 1.29 is 59.4 Å². The number of rotatable bonds is 18. The van der Waals surface area contributed by atoms with Gasteiger partial charge in [0.05, 0.1) is 40.8 Å². The summed E-state index contributed by atoms with van der Waals surface area (Å²) in [7, 11) is -5.78. The second-order valence-electron chi connectivity index (χ2n) is 15.9. The molecule has 0 aliphatic carbocycles. The third-order valence-corrected chi connectivity index (χ3v) is 12.5. The number of imide groups is 1. The number of aliphatic imine (C=N–C) groups is 1. The Hall–Kier alpha value is -5.34. The van der Waals surface area contributed by atoms with E-state index in [1.165, 1.54) is 26.3 Å². The third-order valence-electron chi connectivity index (χ3n) is 10.8. The number of hydroxylamine groups is 4. The number of carbonyl (C=O) groups is 4. The average Bonchev–Trinajstić information content (AvgIpc) is 3.72. The lowest BCUT2D eigenvalue weighted by atomic mass is 9.81. The number of amides is 3. The number of pyridine rings is 1. The number of fused-ring (bicyclic) bond motifs is 2. The van der Waals surface area contributed by atoms with E-state index < -0.39 is 60.5 Å². The number of aromatic nitrogens is 1. The van der Waals surface area contributed by atoms with E-state index in [2.05, 4.69) is 4.90 Å². The molecular formula is C42H52N5O12S2+. The molecule has 19 heteroatoms. The molecule has 1 aromatic carbocycles. The quantitative estimate of drug-likeness (QED) is 0.0503. The van der Waals surface area contributed by atoms with Crippen molar-refractivity contribution in [3.8, 4) is 0 Å². The van der Waals surface area contributed by atoms with Crippen molar-refractivity contribution in [3.63, 3.8) is 0 Å². The van der Waals surface area contributed by atoms with E-state index in [0.29, 0.717) is 53.5 Å². The van der Waals surface area contributed by atoms with Gasteiger partial charge in [-0.3, -0.25) is 28.3 Å². The zero-order valence-corrected chi connectivity index (χ0v) is 36.7. The molecule has 2 N–H and O–H groups in total. The molecule has 3 aliphatic heterocycles. The lowest BCUT2D eigenvalue weighted by molar-refractivity contribution is -0.684. The lowest BCUT2D eigenvalue weighted by Crippen LogP contribution is -2.38. The predicted molar refractivity (Wildman–Crippen MR) is 225 cm³/mol. The van der Waals surface area contributed by atoms with Crippen molar-refractivity contribution in [1.82, 2.24) is 10.1 Å². The van der Waals surface area contributed by atoms with Crippen molar-refractivity contribution in [1.29, 1.82) is 0 Å². The maximum atomic E-state index is 13.1. The zero-order chi connectivity index (χ0) is 44.9. The minimum atomic E-state index is -4.45. The highest BCUT2D eigenvalue weighted by molar-refractivity contribution is 7.86. The van der Waals surface area contributed by atoms with Gasteiger partial charge in [0.15, 0.2) is 5.71 Å². The molecule has 5 rings (SSSR count). The molecule has 0 saturated carbocycles. The van der Waals surface area contributed by atoms with Crippen molar-refractivity contribution in [2.75, 3.05) is 31.4 Å². The van der Waals surface area contributed by atoms with Crippen LogP contribution in [0.3, 0.4) is 0 Å². The molecule has 4 heterocycles. The molecule has 1 fully saturated rings. The minimum Gasteiger partial charge on any atom is -0.344 e. The van der Waals surface area contributed by atoms with Gasteiger partial charge < -0.3 is 9.74 Å². The Balaban J connectivity index is 1.30. The number of hydrogen-bond acceptors (Lipinski definition) is 12. The first-order valence-corrected chi connectivity index (χ1v) is 22.7. The highest BCUT2D eigenvalue weighted by Gasteiger charge is 2.44. The Kier molecular flexibility index (Phi) is 14.3. The topological polar surface area (TPSA) is 221 Å². The molecule has 0 bridgehead atoms. The van der Waals surface area contributed by atoms with E-state index in [1.54, 1.807) is 22.9 Å². The van der Waals surface area contributed by atoms with Gasteiger partial charge in [0.2, 0.25) is 0 Å². The Morgan fingerprint density at radius 2 is 1.57 bits per heavy atom.